The molecule has 0 saturated carbocycles. The lowest BCUT2D eigenvalue weighted by Gasteiger charge is -2.22. The molecule has 0 aliphatic heterocycles. The second-order valence-corrected chi connectivity index (χ2v) is 8.47. The average molecular weight is 403 g/mol. The van der Waals surface area contributed by atoms with Crippen LogP contribution in [-0.4, -0.2) is 28.0 Å². The predicted octanol–water partition coefficient (Wildman–Crippen LogP) is 3.91. The molecule has 0 aliphatic carbocycles. The van der Waals surface area contributed by atoms with Crippen molar-refractivity contribution >= 4 is 33.0 Å². The summed E-state index contributed by atoms with van der Waals surface area (Å²) in [6.45, 7) is -0.421. The maximum atomic E-state index is 12.9. The van der Waals surface area contributed by atoms with Gasteiger partial charge in [0, 0.05) is 0 Å². The third-order valence-corrected chi connectivity index (χ3v) is 6.79. The van der Waals surface area contributed by atoms with Crippen LogP contribution in [0.15, 0.2) is 76.3 Å². The first-order valence-corrected chi connectivity index (χ1v) is 10.3. The quantitative estimate of drug-likeness (QED) is 0.559. The van der Waals surface area contributed by atoms with E-state index in [1.165, 1.54) is 13.2 Å². The highest BCUT2D eigenvalue weighted by Crippen LogP contribution is 2.29. The Bertz CT molecular complexity index is 984. The van der Waals surface area contributed by atoms with Crippen molar-refractivity contribution in [1.82, 2.24) is 0 Å². The van der Waals surface area contributed by atoms with E-state index in [0.29, 0.717) is 17.2 Å². The van der Waals surface area contributed by atoms with E-state index < -0.39 is 22.5 Å². The fourth-order valence-corrected chi connectivity index (χ4v) is 4.83. The molecule has 6 nitrogen and oxygen atoms in total. The van der Waals surface area contributed by atoms with Gasteiger partial charge in [-0.05, 0) is 47.8 Å². The molecule has 0 amide bonds. The smallest absolute Gasteiger partial charge is 0.326 e. The molecule has 1 heterocycles. The number of hydrogen-bond acceptors (Lipinski definition) is 6. The first-order valence-electron chi connectivity index (χ1n) is 7.97. The maximum absolute atomic E-state index is 12.9. The number of hydrogen-bond donors (Lipinski definition) is 0. The largest absolute Gasteiger partial charge is 0.468 e. The molecule has 0 bridgehead atoms. The Morgan fingerprint density at radius 3 is 2.22 bits per heavy atom. The van der Waals surface area contributed by atoms with E-state index in [4.69, 9.17) is 4.74 Å². The minimum Gasteiger partial charge on any atom is -0.468 e. The van der Waals surface area contributed by atoms with Gasteiger partial charge in [0.15, 0.2) is 0 Å². The van der Waals surface area contributed by atoms with Crippen molar-refractivity contribution in [3.8, 4) is 11.5 Å². The SMILES string of the molecule is COC(=O)CN(c1ccc(Oc2ccccc2)cc1)S(=O)(=O)c1cccs1. The minimum absolute atomic E-state index is 0.149. The van der Waals surface area contributed by atoms with Crippen LogP contribution in [0.3, 0.4) is 0 Å². The van der Waals surface area contributed by atoms with E-state index in [2.05, 4.69) is 4.74 Å². The van der Waals surface area contributed by atoms with Crippen molar-refractivity contribution in [2.45, 2.75) is 4.21 Å². The lowest BCUT2D eigenvalue weighted by atomic mass is 10.3. The molecule has 0 N–H and O–H groups in total. The molecule has 2 aromatic carbocycles. The van der Waals surface area contributed by atoms with E-state index in [-0.39, 0.29) is 4.21 Å². The summed E-state index contributed by atoms with van der Waals surface area (Å²) in [5.41, 5.74) is 0.342. The van der Waals surface area contributed by atoms with Crippen molar-refractivity contribution in [3.05, 3.63) is 72.1 Å². The molecule has 3 aromatic rings. The Labute approximate surface area is 161 Å². The second-order valence-electron chi connectivity index (χ2n) is 5.43. The molecule has 0 saturated heterocycles. The van der Waals surface area contributed by atoms with E-state index in [9.17, 15) is 13.2 Å². The summed E-state index contributed by atoms with van der Waals surface area (Å²) < 4.78 is 37.4. The summed E-state index contributed by atoms with van der Waals surface area (Å²) in [6.07, 6.45) is 0. The highest BCUT2D eigenvalue weighted by molar-refractivity contribution is 7.94. The first-order chi connectivity index (χ1) is 13.0. The van der Waals surface area contributed by atoms with Crippen LogP contribution in [0.4, 0.5) is 5.69 Å². The molecule has 140 valence electrons. The van der Waals surface area contributed by atoms with Crippen molar-refractivity contribution in [3.63, 3.8) is 0 Å². The monoisotopic (exact) mass is 403 g/mol. The van der Waals surface area contributed by atoms with Crippen molar-refractivity contribution in [2.75, 3.05) is 18.0 Å². The number of ether oxygens (including phenoxy) is 2. The molecule has 0 unspecified atom stereocenters. The van der Waals surface area contributed by atoms with Gasteiger partial charge in [-0.15, -0.1) is 11.3 Å². The number of benzene rings is 2. The highest BCUT2D eigenvalue weighted by Gasteiger charge is 2.28. The van der Waals surface area contributed by atoms with Crippen LogP contribution in [0.25, 0.3) is 0 Å². The molecule has 0 atom stereocenters. The van der Waals surface area contributed by atoms with Crippen LogP contribution < -0.4 is 9.04 Å². The van der Waals surface area contributed by atoms with Gasteiger partial charge in [-0.3, -0.25) is 9.10 Å². The van der Waals surface area contributed by atoms with Crippen LogP contribution in [-0.2, 0) is 19.6 Å². The maximum Gasteiger partial charge on any atom is 0.326 e. The molecule has 0 aliphatic rings. The minimum atomic E-state index is -3.88. The van der Waals surface area contributed by atoms with Crippen LogP contribution in [0, 0.1) is 0 Å². The van der Waals surface area contributed by atoms with E-state index in [1.807, 2.05) is 30.3 Å². The number of thiophene rings is 1. The Hall–Kier alpha value is -2.84. The number of methoxy groups -OCH3 is 1. The lowest BCUT2D eigenvalue weighted by molar-refractivity contribution is -0.138. The summed E-state index contributed by atoms with van der Waals surface area (Å²) in [5.74, 6) is 0.569. The van der Waals surface area contributed by atoms with Gasteiger partial charge < -0.3 is 9.47 Å². The van der Waals surface area contributed by atoms with E-state index in [0.717, 1.165) is 15.6 Å². The zero-order valence-corrected chi connectivity index (χ0v) is 16.1. The van der Waals surface area contributed by atoms with Gasteiger partial charge in [0.2, 0.25) is 0 Å². The zero-order valence-electron chi connectivity index (χ0n) is 14.4. The lowest BCUT2D eigenvalue weighted by Crippen LogP contribution is -2.35. The number of carbonyl (C=O) groups excluding carboxylic acids is 1. The fourth-order valence-electron chi connectivity index (χ4n) is 2.32. The number of esters is 1. The van der Waals surface area contributed by atoms with Crippen LogP contribution >= 0.6 is 11.3 Å². The topological polar surface area (TPSA) is 72.9 Å². The molecule has 27 heavy (non-hydrogen) atoms. The zero-order chi connectivity index (χ0) is 19.3. The summed E-state index contributed by atoms with van der Waals surface area (Å²) in [5, 5.41) is 1.67. The van der Waals surface area contributed by atoms with Crippen LogP contribution in [0.1, 0.15) is 0 Å². The second kappa shape index (κ2) is 8.24. The fraction of sp³-hybridized carbons (Fsp3) is 0.105. The summed E-state index contributed by atoms with van der Waals surface area (Å²) in [6, 6.07) is 18.9. The van der Waals surface area contributed by atoms with Crippen molar-refractivity contribution < 1.29 is 22.7 Å². The first kappa shape index (κ1) is 18.9. The summed E-state index contributed by atoms with van der Waals surface area (Å²) in [4.78, 5) is 11.8. The average Bonchev–Trinajstić information content (AvgIpc) is 3.23. The Morgan fingerprint density at radius 1 is 0.963 bits per heavy atom. The molecular weight excluding hydrogens is 386 g/mol. The van der Waals surface area contributed by atoms with Crippen LogP contribution in [0.2, 0.25) is 0 Å². The van der Waals surface area contributed by atoms with Gasteiger partial charge in [0.1, 0.15) is 22.3 Å². The van der Waals surface area contributed by atoms with Crippen molar-refractivity contribution in [2.24, 2.45) is 0 Å². The Morgan fingerprint density at radius 2 is 1.63 bits per heavy atom. The third-order valence-electron chi connectivity index (χ3n) is 3.64. The number of rotatable bonds is 7. The number of carbonyl (C=O) groups is 1. The van der Waals surface area contributed by atoms with Gasteiger partial charge in [0.05, 0.1) is 12.8 Å². The van der Waals surface area contributed by atoms with Gasteiger partial charge >= 0.3 is 5.97 Å². The molecule has 8 heteroatoms. The summed E-state index contributed by atoms with van der Waals surface area (Å²) in [7, 11) is -2.66. The normalized spacial score (nSPS) is 11.0. The van der Waals surface area contributed by atoms with Gasteiger partial charge in [-0.25, -0.2) is 8.42 Å². The van der Waals surface area contributed by atoms with Gasteiger partial charge in [-0.1, -0.05) is 24.3 Å². The van der Waals surface area contributed by atoms with E-state index in [1.54, 1.807) is 35.7 Å². The Balaban J connectivity index is 1.89. The van der Waals surface area contributed by atoms with Crippen LogP contribution in [0.5, 0.6) is 11.5 Å². The van der Waals surface area contributed by atoms with Gasteiger partial charge in [0.25, 0.3) is 10.0 Å². The molecule has 0 radical (unpaired) electrons. The highest BCUT2D eigenvalue weighted by atomic mass is 32.2. The molecular formula is C19H17NO5S2. The third kappa shape index (κ3) is 4.47. The molecule has 0 spiro atoms. The standard InChI is InChI=1S/C19H17NO5S2/c1-24-18(21)14-20(27(22,23)19-8-5-13-26-19)15-9-11-17(12-10-15)25-16-6-3-2-4-7-16/h2-13H,14H2,1H3. The number of nitrogens with zero attached hydrogens (tertiary/aromatic N) is 1. The Kier molecular flexibility index (Phi) is 5.78. The number of para-hydroxylation sites is 1. The van der Waals surface area contributed by atoms with E-state index >= 15 is 0 Å². The number of anilines is 1. The molecule has 1 aromatic heterocycles. The molecule has 3 rings (SSSR count). The number of sulfonamides is 1. The van der Waals surface area contributed by atoms with Gasteiger partial charge in [-0.2, -0.15) is 0 Å². The molecule has 0 fully saturated rings. The predicted molar refractivity (Wildman–Crippen MR) is 104 cm³/mol. The summed E-state index contributed by atoms with van der Waals surface area (Å²) >= 11 is 1.09. The van der Waals surface area contributed by atoms with Crippen molar-refractivity contribution in [1.29, 1.82) is 0 Å².